The Bertz CT molecular complexity index is 1170. The van der Waals surface area contributed by atoms with Crippen molar-refractivity contribution in [2.24, 2.45) is 4.99 Å². The Hall–Kier alpha value is -3.44. The van der Waals surface area contributed by atoms with Crippen molar-refractivity contribution in [2.75, 3.05) is 16.8 Å². The number of aliphatic imine (C=N–C) groups is 1. The van der Waals surface area contributed by atoms with Gasteiger partial charge in [-0.3, -0.25) is 14.6 Å². The summed E-state index contributed by atoms with van der Waals surface area (Å²) in [5, 5.41) is 3.58. The number of benzene rings is 3. The Morgan fingerprint density at radius 1 is 1.00 bits per heavy atom. The van der Waals surface area contributed by atoms with Gasteiger partial charge in [-0.1, -0.05) is 54.1 Å². The number of hydrogen-bond donors (Lipinski definition) is 1. The summed E-state index contributed by atoms with van der Waals surface area (Å²) in [6, 6.07) is 20.5. The highest BCUT2D eigenvalue weighted by atomic mass is 35.5. The third-order valence-electron chi connectivity index (χ3n) is 5.27. The largest absolute Gasteiger partial charge is 0.324 e. The second-order valence-corrected chi connectivity index (χ2v) is 7.96. The van der Waals surface area contributed by atoms with E-state index in [4.69, 9.17) is 16.6 Å². The molecule has 31 heavy (non-hydrogen) atoms. The molecule has 0 bridgehead atoms. The van der Waals surface area contributed by atoms with Gasteiger partial charge in [-0.05, 0) is 54.8 Å². The van der Waals surface area contributed by atoms with E-state index in [0.717, 1.165) is 22.4 Å². The van der Waals surface area contributed by atoms with Crippen molar-refractivity contribution < 1.29 is 9.59 Å². The highest BCUT2D eigenvalue weighted by Gasteiger charge is 2.26. The van der Waals surface area contributed by atoms with Gasteiger partial charge in [-0.2, -0.15) is 0 Å². The fraction of sp³-hybridized carbons (Fsp3) is 0.160. The lowest BCUT2D eigenvalue weighted by molar-refractivity contribution is -0.120. The topological polar surface area (TPSA) is 61.8 Å². The van der Waals surface area contributed by atoms with Crippen LogP contribution in [0.25, 0.3) is 0 Å². The van der Waals surface area contributed by atoms with E-state index in [0.29, 0.717) is 22.1 Å². The molecule has 0 spiro atoms. The average Bonchev–Trinajstić information content (AvgIpc) is 2.88. The fourth-order valence-corrected chi connectivity index (χ4v) is 3.79. The zero-order chi connectivity index (χ0) is 22.0. The fourth-order valence-electron chi connectivity index (χ4n) is 3.66. The van der Waals surface area contributed by atoms with Gasteiger partial charge in [-0.15, -0.1) is 0 Å². The number of fused-ring (bicyclic) bond motifs is 1. The van der Waals surface area contributed by atoms with Crippen molar-refractivity contribution in [2.45, 2.75) is 20.3 Å². The van der Waals surface area contributed by atoms with Crippen LogP contribution >= 0.6 is 11.6 Å². The van der Waals surface area contributed by atoms with E-state index < -0.39 is 0 Å². The lowest BCUT2D eigenvalue weighted by Gasteiger charge is -2.22. The van der Waals surface area contributed by atoms with E-state index in [2.05, 4.69) is 5.32 Å². The number of nitrogens with one attached hydrogen (secondary N) is 1. The van der Waals surface area contributed by atoms with Gasteiger partial charge in [0.25, 0.3) is 0 Å². The first-order valence-electron chi connectivity index (χ1n) is 10.0. The summed E-state index contributed by atoms with van der Waals surface area (Å²) < 4.78 is 0. The molecule has 3 aromatic rings. The molecule has 1 heterocycles. The van der Waals surface area contributed by atoms with Gasteiger partial charge in [0.15, 0.2) is 0 Å². The molecular weight excluding hydrogens is 410 g/mol. The molecule has 0 radical (unpaired) electrons. The Morgan fingerprint density at radius 2 is 1.68 bits per heavy atom. The van der Waals surface area contributed by atoms with Crippen LogP contribution in [0.2, 0.25) is 5.02 Å². The summed E-state index contributed by atoms with van der Waals surface area (Å²) in [6.45, 7) is 3.80. The second kappa shape index (κ2) is 8.74. The minimum absolute atomic E-state index is 0.0902. The molecule has 6 heteroatoms. The Morgan fingerprint density at radius 3 is 2.39 bits per heavy atom. The molecule has 1 aliphatic heterocycles. The molecule has 4 rings (SSSR count). The van der Waals surface area contributed by atoms with Crippen LogP contribution in [-0.2, 0) is 9.59 Å². The maximum Gasteiger partial charge on any atom is 0.244 e. The van der Waals surface area contributed by atoms with Crippen LogP contribution in [0.4, 0.5) is 17.1 Å². The second-order valence-electron chi connectivity index (χ2n) is 7.53. The van der Waals surface area contributed by atoms with Crippen molar-refractivity contribution in [1.29, 1.82) is 0 Å². The van der Waals surface area contributed by atoms with Crippen molar-refractivity contribution in [1.82, 2.24) is 0 Å². The SMILES string of the molecule is Cc1cccc(C)c1NC(=O)CN1C(=O)CC(c2ccc(Cl)cc2)=Nc2ccccc21. The summed E-state index contributed by atoms with van der Waals surface area (Å²) in [4.78, 5) is 32.3. The van der Waals surface area contributed by atoms with Gasteiger partial charge in [0, 0.05) is 10.7 Å². The number of carbonyl (C=O) groups excluding carboxylic acids is 2. The molecule has 1 N–H and O–H groups in total. The van der Waals surface area contributed by atoms with E-state index in [1.54, 1.807) is 12.1 Å². The summed E-state index contributed by atoms with van der Waals surface area (Å²) in [7, 11) is 0. The number of halogens is 1. The van der Waals surface area contributed by atoms with Crippen LogP contribution in [0.3, 0.4) is 0 Å². The van der Waals surface area contributed by atoms with Crippen LogP contribution in [0.5, 0.6) is 0 Å². The first-order chi connectivity index (χ1) is 14.9. The Balaban J connectivity index is 1.62. The van der Waals surface area contributed by atoms with E-state index in [1.807, 2.05) is 68.4 Å². The molecule has 5 nitrogen and oxygen atoms in total. The lowest BCUT2D eigenvalue weighted by atomic mass is 10.1. The molecule has 2 amide bonds. The third-order valence-corrected chi connectivity index (χ3v) is 5.52. The summed E-state index contributed by atoms with van der Waals surface area (Å²) in [5.41, 5.74) is 5.47. The minimum Gasteiger partial charge on any atom is -0.324 e. The first kappa shape index (κ1) is 20.8. The minimum atomic E-state index is -0.254. The molecular formula is C25H22ClN3O2. The highest BCUT2D eigenvalue weighted by molar-refractivity contribution is 6.30. The van der Waals surface area contributed by atoms with Crippen LogP contribution < -0.4 is 10.2 Å². The average molecular weight is 432 g/mol. The van der Waals surface area contributed by atoms with Crippen molar-refractivity contribution in [3.05, 3.63) is 88.4 Å². The molecule has 3 aromatic carbocycles. The molecule has 0 aliphatic carbocycles. The molecule has 0 unspecified atom stereocenters. The summed E-state index contributed by atoms with van der Waals surface area (Å²) in [5.74, 6) is -0.439. The van der Waals surface area contributed by atoms with Crippen molar-refractivity contribution in [3.8, 4) is 0 Å². The number of hydrogen-bond acceptors (Lipinski definition) is 3. The maximum absolute atomic E-state index is 13.2. The maximum atomic E-state index is 13.2. The van der Waals surface area contributed by atoms with Crippen LogP contribution in [0, 0.1) is 13.8 Å². The number of anilines is 2. The summed E-state index contributed by atoms with van der Waals surface area (Å²) >= 11 is 6.00. The monoisotopic (exact) mass is 431 g/mol. The smallest absolute Gasteiger partial charge is 0.244 e. The molecule has 0 atom stereocenters. The molecule has 0 fully saturated rings. The van der Waals surface area contributed by atoms with Crippen LogP contribution in [-0.4, -0.2) is 24.1 Å². The first-order valence-corrected chi connectivity index (χ1v) is 10.4. The molecule has 156 valence electrons. The standard InChI is InChI=1S/C25H22ClN3O2/c1-16-6-5-7-17(2)25(16)28-23(30)15-29-22-9-4-3-8-20(22)27-21(14-24(29)31)18-10-12-19(26)13-11-18/h3-13H,14-15H2,1-2H3,(H,28,30). The van der Waals surface area contributed by atoms with Gasteiger partial charge < -0.3 is 10.2 Å². The van der Waals surface area contributed by atoms with Gasteiger partial charge in [0.2, 0.25) is 11.8 Å². The Kier molecular flexibility index (Phi) is 5.87. The van der Waals surface area contributed by atoms with Gasteiger partial charge >= 0.3 is 0 Å². The third kappa shape index (κ3) is 4.52. The zero-order valence-electron chi connectivity index (χ0n) is 17.4. The molecule has 0 saturated heterocycles. The number of aryl methyl sites for hydroxylation is 2. The highest BCUT2D eigenvalue weighted by Crippen LogP contribution is 2.33. The van der Waals surface area contributed by atoms with Gasteiger partial charge in [0.05, 0.1) is 23.5 Å². The predicted octanol–water partition coefficient (Wildman–Crippen LogP) is 5.45. The summed E-state index contributed by atoms with van der Waals surface area (Å²) in [6.07, 6.45) is 0.0903. The van der Waals surface area contributed by atoms with Crippen molar-refractivity contribution in [3.63, 3.8) is 0 Å². The lowest BCUT2D eigenvalue weighted by Crippen LogP contribution is -2.38. The number of carbonyl (C=O) groups is 2. The normalized spacial score (nSPS) is 13.3. The number of rotatable bonds is 4. The molecule has 1 aliphatic rings. The number of para-hydroxylation sites is 3. The zero-order valence-corrected chi connectivity index (χ0v) is 18.1. The molecule has 0 saturated carbocycles. The quantitative estimate of drug-likeness (QED) is 0.596. The molecule has 0 aromatic heterocycles. The predicted molar refractivity (Wildman–Crippen MR) is 126 cm³/mol. The number of nitrogens with zero attached hydrogens (tertiary/aromatic N) is 2. The Labute approximate surface area is 186 Å². The van der Waals surface area contributed by atoms with Crippen LogP contribution in [0.1, 0.15) is 23.1 Å². The van der Waals surface area contributed by atoms with Gasteiger partial charge in [0.1, 0.15) is 6.54 Å². The van der Waals surface area contributed by atoms with Crippen LogP contribution in [0.15, 0.2) is 71.7 Å². The number of amides is 2. The van der Waals surface area contributed by atoms with E-state index in [1.165, 1.54) is 4.90 Å². The van der Waals surface area contributed by atoms with E-state index in [-0.39, 0.29) is 24.8 Å². The van der Waals surface area contributed by atoms with Crippen molar-refractivity contribution >= 4 is 46.2 Å². The van der Waals surface area contributed by atoms with Gasteiger partial charge in [-0.25, -0.2) is 0 Å². The van der Waals surface area contributed by atoms with E-state index >= 15 is 0 Å². The van der Waals surface area contributed by atoms with E-state index in [9.17, 15) is 9.59 Å².